The number of pyridine rings is 1. The third kappa shape index (κ3) is 2.92. The van der Waals surface area contributed by atoms with Gasteiger partial charge in [0.15, 0.2) is 0 Å². The van der Waals surface area contributed by atoms with Crippen molar-refractivity contribution in [3.05, 3.63) is 42.2 Å². The number of nitrogens with zero attached hydrogens (tertiary/aromatic N) is 2. The molecule has 3 heteroatoms. The average molecular weight is 254 g/mol. The van der Waals surface area contributed by atoms with Gasteiger partial charge in [0, 0.05) is 23.3 Å². The molecule has 0 atom stereocenters. The normalized spacial score (nSPS) is 17.1. The van der Waals surface area contributed by atoms with Gasteiger partial charge in [-0.2, -0.15) is 0 Å². The molecule has 0 amide bonds. The summed E-state index contributed by atoms with van der Waals surface area (Å²) in [5.74, 6) is 0. The standard InChI is InChI=1S/C16H18N2O/c1-2-7-15(8-3-1)19-18-12-14-11-17-10-13-6-4-5-9-16(13)14/h4-6,9-12,15H,1-3,7-8H2/b18-12+. The molecule has 1 saturated carbocycles. The summed E-state index contributed by atoms with van der Waals surface area (Å²) in [6.45, 7) is 0. The fraction of sp³-hybridized carbons (Fsp3) is 0.375. The molecule has 0 spiro atoms. The van der Waals surface area contributed by atoms with Gasteiger partial charge in [-0.3, -0.25) is 4.98 Å². The third-order valence-electron chi connectivity index (χ3n) is 3.65. The van der Waals surface area contributed by atoms with E-state index < -0.39 is 0 Å². The Balaban J connectivity index is 1.73. The van der Waals surface area contributed by atoms with E-state index in [1.165, 1.54) is 19.3 Å². The van der Waals surface area contributed by atoms with E-state index in [4.69, 9.17) is 4.84 Å². The third-order valence-corrected chi connectivity index (χ3v) is 3.65. The van der Waals surface area contributed by atoms with Crippen molar-refractivity contribution in [3.63, 3.8) is 0 Å². The maximum absolute atomic E-state index is 5.58. The second-order valence-corrected chi connectivity index (χ2v) is 5.05. The molecule has 1 aromatic carbocycles. The Bertz CT molecular complexity index is 568. The molecule has 0 saturated heterocycles. The summed E-state index contributed by atoms with van der Waals surface area (Å²) in [6.07, 6.45) is 11.9. The minimum Gasteiger partial charge on any atom is -0.392 e. The molecule has 19 heavy (non-hydrogen) atoms. The van der Waals surface area contributed by atoms with Crippen LogP contribution < -0.4 is 0 Å². The van der Waals surface area contributed by atoms with Crippen LogP contribution in [0.15, 0.2) is 41.8 Å². The molecule has 1 aliphatic rings. The van der Waals surface area contributed by atoms with E-state index in [1.807, 2.05) is 24.5 Å². The highest BCUT2D eigenvalue weighted by molar-refractivity contribution is 5.98. The van der Waals surface area contributed by atoms with E-state index in [2.05, 4.69) is 22.3 Å². The number of benzene rings is 1. The zero-order valence-electron chi connectivity index (χ0n) is 11.0. The summed E-state index contributed by atoms with van der Waals surface area (Å²) in [5, 5.41) is 6.44. The fourth-order valence-electron chi connectivity index (χ4n) is 2.59. The highest BCUT2D eigenvalue weighted by Gasteiger charge is 2.13. The van der Waals surface area contributed by atoms with Crippen LogP contribution in [-0.2, 0) is 4.84 Å². The molecule has 0 N–H and O–H groups in total. The van der Waals surface area contributed by atoms with Crippen LogP contribution in [0, 0.1) is 0 Å². The average Bonchev–Trinajstić information content (AvgIpc) is 2.49. The van der Waals surface area contributed by atoms with E-state index >= 15 is 0 Å². The number of hydrogen-bond acceptors (Lipinski definition) is 3. The molecule has 3 nitrogen and oxygen atoms in total. The van der Waals surface area contributed by atoms with E-state index in [-0.39, 0.29) is 0 Å². The SMILES string of the molecule is C(=N\OC1CCCCC1)/c1cncc2ccccc12. The first-order valence-corrected chi connectivity index (χ1v) is 6.95. The van der Waals surface area contributed by atoms with Gasteiger partial charge in [0.05, 0.1) is 6.21 Å². The number of fused-ring (bicyclic) bond motifs is 1. The smallest absolute Gasteiger partial charge is 0.127 e. The molecule has 3 rings (SSSR count). The Morgan fingerprint density at radius 2 is 1.95 bits per heavy atom. The van der Waals surface area contributed by atoms with Crippen molar-refractivity contribution in [1.29, 1.82) is 0 Å². The molecule has 1 heterocycles. The summed E-state index contributed by atoms with van der Waals surface area (Å²) >= 11 is 0. The van der Waals surface area contributed by atoms with Crippen LogP contribution in [0.2, 0.25) is 0 Å². The highest BCUT2D eigenvalue weighted by atomic mass is 16.6. The van der Waals surface area contributed by atoms with Gasteiger partial charge in [-0.1, -0.05) is 35.8 Å². The first kappa shape index (κ1) is 12.2. The summed E-state index contributed by atoms with van der Waals surface area (Å²) in [4.78, 5) is 9.81. The van der Waals surface area contributed by atoms with Crippen LogP contribution >= 0.6 is 0 Å². The van der Waals surface area contributed by atoms with Gasteiger partial charge in [-0.05, 0) is 31.1 Å². The van der Waals surface area contributed by atoms with Gasteiger partial charge in [-0.15, -0.1) is 0 Å². The largest absolute Gasteiger partial charge is 0.392 e. The van der Waals surface area contributed by atoms with Gasteiger partial charge in [0.2, 0.25) is 0 Å². The maximum atomic E-state index is 5.58. The predicted octanol–water partition coefficient (Wildman–Crippen LogP) is 3.92. The molecule has 1 aliphatic carbocycles. The zero-order valence-corrected chi connectivity index (χ0v) is 11.0. The van der Waals surface area contributed by atoms with Crippen molar-refractivity contribution in [2.75, 3.05) is 0 Å². The Labute approximate surface area is 113 Å². The lowest BCUT2D eigenvalue weighted by atomic mass is 9.98. The van der Waals surface area contributed by atoms with Crippen molar-refractivity contribution in [2.45, 2.75) is 38.2 Å². The summed E-state index contributed by atoms with van der Waals surface area (Å²) in [5.41, 5.74) is 1.01. The fourth-order valence-corrected chi connectivity index (χ4v) is 2.59. The Morgan fingerprint density at radius 1 is 1.11 bits per heavy atom. The van der Waals surface area contributed by atoms with Gasteiger partial charge in [0.25, 0.3) is 0 Å². The number of hydrogen-bond donors (Lipinski definition) is 0. The van der Waals surface area contributed by atoms with Crippen LogP contribution in [-0.4, -0.2) is 17.3 Å². The van der Waals surface area contributed by atoms with Gasteiger partial charge in [0.1, 0.15) is 6.10 Å². The topological polar surface area (TPSA) is 34.5 Å². The van der Waals surface area contributed by atoms with Crippen LogP contribution in [0.5, 0.6) is 0 Å². The number of aromatic nitrogens is 1. The second kappa shape index (κ2) is 5.83. The van der Waals surface area contributed by atoms with Gasteiger partial charge in [-0.25, -0.2) is 0 Å². The van der Waals surface area contributed by atoms with E-state index in [0.717, 1.165) is 29.2 Å². The number of oxime groups is 1. The van der Waals surface area contributed by atoms with Crippen LogP contribution in [0.25, 0.3) is 10.8 Å². The maximum Gasteiger partial charge on any atom is 0.127 e. The van der Waals surface area contributed by atoms with E-state index in [1.54, 1.807) is 6.21 Å². The first-order valence-electron chi connectivity index (χ1n) is 6.95. The molecule has 1 aromatic heterocycles. The molecule has 98 valence electrons. The van der Waals surface area contributed by atoms with Gasteiger partial charge >= 0.3 is 0 Å². The lowest BCUT2D eigenvalue weighted by molar-refractivity contribution is 0.0340. The van der Waals surface area contributed by atoms with Crippen molar-refractivity contribution < 1.29 is 4.84 Å². The predicted molar refractivity (Wildman–Crippen MR) is 77.3 cm³/mol. The summed E-state index contributed by atoms with van der Waals surface area (Å²) in [6, 6.07) is 8.19. The molecular weight excluding hydrogens is 236 g/mol. The van der Waals surface area contributed by atoms with Crippen LogP contribution in [0.1, 0.15) is 37.7 Å². The lowest BCUT2D eigenvalue weighted by Gasteiger charge is -2.18. The highest BCUT2D eigenvalue weighted by Crippen LogP contribution is 2.20. The quantitative estimate of drug-likeness (QED) is 0.614. The molecule has 0 bridgehead atoms. The minimum atomic E-state index is 0.299. The van der Waals surface area contributed by atoms with Crippen molar-refractivity contribution in [1.82, 2.24) is 4.98 Å². The van der Waals surface area contributed by atoms with E-state index in [9.17, 15) is 0 Å². The Kier molecular flexibility index (Phi) is 3.73. The molecule has 1 fully saturated rings. The molecular formula is C16H18N2O. The van der Waals surface area contributed by atoms with Crippen molar-refractivity contribution >= 4 is 17.0 Å². The monoisotopic (exact) mass is 254 g/mol. The first-order chi connectivity index (χ1) is 9.43. The summed E-state index contributed by atoms with van der Waals surface area (Å²) in [7, 11) is 0. The molecule has 0 radical (unpaired) electrons. The molecule has 2 aromatic rings. The van der Waals surface area contributed by atoms with Crippen molar-refractivity contribution in [2.24, 2.45) is 5.16 Å². The number of rotatable bonds is 3. The van der Waals surface area contributed by atoms with Crippen LogP contribution in [0.4, 0.5) is 0 Å². The summed E-state index contributed by atoms with van der Waals surface area (Å²) < 4.78 is 0. The van der Waals surface area contributed by atoms with E-state index in [0.29, 0.717) is 6.10 Å². The Hall–Kier alpha value is -1.90. The minimum absolute atomic E-state index is 0.299. The van der Waals surface area contributed by atoms with Crippen LogP contribution in [0.3, 0.4) is 0 Å². The Morgan fingerprint density at radius 3 is 2.84 bits per heavy atom. The lowest BCUT2D eigenvalue weighted by Crippen LogP contribution is -2.13. The second-order valence-electron chi connectivity index (χ2n) is 5.05. The van der Waals surface area contributed by atoms with Crippen molar-refractivity contribution in [3.8, 4) is 0 Å². The molecule has 0 unspecified atom stereocenters. The van der Waals surface area contributed by atoms with Gasteiger partial charge < -0.3 is 4.84 Å². The zero-order chi connectivity index (χ0) is 12.9. The molecule has 0 aliphatic heterocycles.